The number of rotatable bonds is 3. The van der Waals surface area contributed by atoms with E-state index in [-0.39, 0.29) is 5.75 Å². The molecule has 0 aliphatic carbocycles. The van der Waals surface area contributed by atoms with Gasteiger partial charge in [0.2, 0.25) is 0 Å². The van der Waals surface area contributed by atoms with Gasteiger partial charge in [-0.05, 0) is 26.0 Å². The summed E-state index contributed by atoms with van der Waals surface area (Å²) in [6.45, 7) is 3.57. The average molecular weight is 262 g/mol. The second-order valence-corrected chi connectivity index (χ2v) is 4.10. The van der Waals surface area contributed by atoms with Crippen molar-refractivity contribution in [1.29, 1.82) is 0 Å². The Morgan fingerprint density at radius 2 is 2.00 bits per heavy atom. The first-order valence-electron chi connectivity index (χ1n) is 5.72. The number of aryl methyl sites for hydroxylation is 1. The minimum atomic E-state index is -0.414. The number of aromatic nitrogens is 2. The quantitative estimate of drug-likeness (QED) is 0.889. The van der Waals surface area contributed by atoms with Gasteiger partial charge in [0.25, 0.3) is 0 Å². The van der Waals surface area contributed by atoms with E-state index in [1.54, 1.807) is 19.1 Å². The number of halogens is 1. The Hall–Kier alpha value is -2.37. The second kappa shape index (κ2) is 5.09. The summed E-state index contributed by atoms with van der Waals surface area (Å²) in [5.41, 5.74) is 7.19. The van der Waals surface area contributed by atoms with Crippen LogP contribution in [0.5, 0.6) is 5.75 Å². The molecule has 0 radical (unpaired) electrons. The van der Waals surface area contributed by atoms with E-state index >= 15 is 0 Å². The Morgan fingerprint density at radius 1 is 1.26 bits per heavy atom. The third-order valence-electron chi connectivity index (χ3n) is 2.71. The van der Waals surface area contributed by atoms with E-state index in [4.69, 9.17) is 10.5 Å². The number of nitrogens with zero attached hydrogens (tertiary/aromatic N) is 2. The minimum Gasteiger partial charge on any atom is -0.494 e. The first kappa shape index (κ1) is 13.1. The number of nitrogens with one attached hydrogen (secondary N) is 1. The molecule has 5 nitrogen and oxygen atoms in total. The predicted molar refractivity (Wildman–Crippen MR) is 72.2 cm³/mol. The van der Waals surface area contributed by atoms with Gasteiger partial charge in [-0.1, -0.05) is 0 Å². The van der Waals surface area contributed by atoms with Crippen molar-refractivity contribution in [2.45, 2.75) is 13.8 Å². The fourth-order valence-corrected chi connectivity index (χ4v) is 1.65. The molecule has 0 spiro atoms. The molecule has 0 atom stereocenters. The highest BCUT2D eigenvalue weighted by Crippen LogP contribution is 2.26. The normalized spacial score (nSPS) is 10.3. The van der Waals surface area contributed by atoms with Crippen LogP contribution in [0.1, 0.15) is 11.4 Å². The first-order chi connectivity index (χ1) is 9.01. The molecular formula is C13H15FN4O. The zero-order chi connectivity index (χ0) is 14.0. The van der Waals surface area contributed by atoms with Crippen LogP contribution >= 0.6 is 0 Å². The van der Waals surface area contributed by atoms with Gasteiger partial charge in [0, 0.05) is 17.3 Å². The van der Waals surface area contributed by atoms with Crippen LogP contribution in [0.25, 0.3) is 0 Å². The van der Waals surface area contributed by atoms with E-state index in [0.29, 0.717) is 23.1 Å². The van der Waals surface area contributed by atoms with Crippen LogP contribution in [0.2, 0.25) is 0 Å². The van der Waals surface area contributed by atoms with E-state index in [9.17, 15) is 4.39 Å². The number of benzene rings is 1. The van der Waals surface area contributed by atoms with Gasteiger partial charge < -0.3 is 15.8 Å². The lowest BCUT2D eigenvalue weighted by atomic mass is 10.2. The lowest BCUT2D eigenvalue weighted by Gasteiger charge is -2.12. The predicted octanol–water partition coefficient (Wildman–Crippen LogP) is 2.57. The summed E-state index contributed by atoms with van der Waals surface area (Å²) in [6, 6.07) is 4.49. The zero-order valence-electron chi connectivity index (χ0n) is 11.0. The average Bonchev–Trinajstić information content (AvgIpc) is 2.37. The Morgan fingerprint density at radius 3 is 2.68 bits per heavy atom. The third-order valence-corrected chi connectivity index (χ3v) is 2.71. The molecule has 2 aromatic rings. The van der Waals surface area contributed by atoms with Gasteiger partial charge in [-0.3, -0.25) is 0 Å². The molecule has 0 unspecified atom stereocenters. The molecule has 0 aliphatic heterocycles. The minimum absolute atomic E-state index is 0.168. The van der Waals surface area contributed by atoms with Crippen molar-refractivity contribution in [2.24, 2.45) is 0 Å². The van der Waals surface area contributed by atoms with Crippen molar-refractivity contribution in [1.82, 2.24) is 9.97 Å². The van der Waals surface area contributed by atoms with Crippen molar-refractivity contribution in [3.05, 3.63) is 35.4 Å². The van der Waals surface area contributed by atoms with Crippen molar-refractivity contribution < 1.29 is 9.13 Å². The highest BCUT2D eigenvalue weighted by molar-refractivity contribution is 5.64. The summed E-state index contributed by atoms with van der Waals surface area (Å²) >= 11 is 0. The highest BCUT2D eigenvalue weighted by Gasteiger charge is 2.09. The van der Waals surface area contributed by atoms with Crippen LogP contribution in [-0.2, 0) is 0 Å². The first-order valence-corrected chi connectivity index (χ1v) is 5.72. The summed E-state index contributed by atoms with van der Waals surface area (Å²) < 4.78 is 18.2. The molecule has 0 fully saturated rings. The molecular weight excluding hydrogens is 247 g/mol. The molecule has 0 bridgehead atoms. The van der Waals surface area contributed by atoms with Crippen molar-refractivity contribution in [3.8, 4) is 5.75 Å². The van der Waals surface area contributed by atoms with Gasteiger partial charge >= 0.3 is 0 Å². The fourth-order valence-electron chi connectivity index (χ4n) is 1.65. The van der Waals surface area contributed by atoms with Gasteiger partial charge in [0.05, 0.1) is 7.11 Å². The molecule has 0 aliphatic rings. The number of nitrogens with two attached hydrogens (primary N) is 1. The topological polar surface area (TPSA) is 73.1 Å². The third kappa shape index (κ3) is 2.73. The Bertz CT molecular complexity index is 616. The molecule has 1 aromatic heterocycles. The molecule has 3 N–H and O–H groups in total. The van der Waals surface area contributed by atoms with Gasteiger partial charge in [-0.25, -0.2) is 14.4 Å². The molecule has 0 amide bonds. The number of hydrogen-bond donors (Lipinski definition) is 2. The largest absolute Gasteiger partial charge is 0.494 e. The summed E-state index contributed by atoms with van der Waals surface area (Å²) in [4.78, 5) is 8.34. The van der Waals surface area contributed by atoms with Crippen molar-refractivity contribution >= 4 is 17.3 Å². The molecule has 19 heavy (non-hydrogen) atoms. The Kier molecular flexibility index (Phi) is 3.50. The number of hydrogen-bond acceptors (Lipinski definition) is 5. The van der Waals surface area contributed by atoms with E-state index < -0.39 is 5.82 Å². The van der Waals surface area contributed by atoms with Crippen molar-refractivity contribution in [3.63, 3.8) is 0 Å². The summed E-state index contributed by atoms with van der Waals surface area (Å²) in [5, 5.41) is 3.08. The van der Waals surface area contributed by atoms with Gasteiger partial charge in [-0.2, -0.15) is 0 Å². The van der Waals surface area contributed by atoms with Gasteiger partial charge in [-0.15, -0.1) is 0 Å². The van der Waals surface area contributed by atoms with E-state index in [1.165, 1.54) is 13.2 Å². The maximum Gasteiger partial charge on any atom is 0.165 e. The van der Waals surface area contributed by atoms with Crippen LogP contribution in [0, 0.1) is 19.7 Å². The van der Waals surface area contributed by atoms with E-state index in [0.717, 1.165) is 5.56 Å². The van der Waals surface area contributed by atoms with Gasteiger partial charge in [0.1, 0.15) is 17.5 Å². The number of methoxy groups -OCH3 is 1. The molecule has 0 saturated heterocycles. The van der Waals surface area contributed by atoms with Gasteiger partial charge in [0.15, 0.2) is 11.6 Å². The van der Waals surface area contributed by atoms with Crippen molar-refractivity contribution in [2.75, 3.05) is 18.2 Å². The molecule has 2 rings (SSSR count). The molecule has 1 heterocycles. The van der Waals surface area contributed by atoms with Crippen LogP contribution in [0.3, 0.4) is 0 Å². The fraction of sp³-hybridized carbons (Fsp3) is 0.231. The lowest BCUT2D eigenvalue weighted by Crippen LogP contribution is -2.05. The molecule has 100 valence electrons. The van der Waals surface area contributed by atoms with Crippen LogP contribution in [-0.4, -0.2) is 17.1 Å². The number of nitrogen functional groups attached to an aromatic ring is 1. The maximum absolute atomic E-state index is 13.3. The van der Waals surface area contributed by atoms with Crippen LogP contribution in [0.4, 0.5) is 21.7 Å². The summed E-state index contributed by atoms with van der Waals surface area (Å²) in [7, 11) is 1.42. The lowest BCUT2D eigenvalue weighted by molar-refractivity contribution is 0.387. The maximum atomic E-state index is 13.3. The number of anilines is 3. The van der Waals surface area contributed by atoms with E-state index in [1.807, 2.05) is 6.92 Å². The highest BCUT2D eigenvalue weighted by atomic mass is 19.1. The molecule has 6 heteroatoms. The van der Waals surface area contributed by atoms with Crippen LogP contribution in [0.15, 0.2) is 18.2 Å². The summed E-state index contributed by atoms with van der Waals surface area (Å²) in [5.74, 6) is 1.34. The zero-order valence-corrected chi connectivity index (χ0v) is 11.0. The smallest absolute Gasteiger partial charge is 0.165 e. The second-order valence-electron chi connectivity index (χ2n) is 4.10. The Labute approximate surface area is 110 Å². The molecule has 1 aromatic carbocycles. The molecule has 0 saturated carbocycles. The standard InChI is InChI=1S/C13H15FN4O/c1-7-12(15)16-8(2)17-13(7)18-9-4-5-10(14)11(6-9)19-3/h4-6H,1-3H3,(H3,15,16,17,18). The SMILES string of the molecule is COc1cc(Nc2nc(C)nc(N)c2C)ccc1F. The Balaban J connectivity index is 2.36. The van der Waals surface area contributed by atoms with E-state index in [2.05, 4.69) is 15.3 Å². The summed E-state index contributed by atoms with van der Waals surface area (Å²) in [6.07, 6.45) is 0. The monoisotopic (exact) mass is 262 g/mol. The number of ether oxygens (including phenoxy) is 1. The van der Waals surface area contributed by atoms with Crippen LogP contribution < -0.4 is 15.8 Å².